The van der Waals surface area contributed by atoms with Gasteiger partial charge in [-0.2, -0.15) is 4.31 Å². The van der Waals surface area contributed by atoms with E-state index in [4.69, 9.17) is 4.74 Å². The maximum Gasteiger partial charge on any atom is 0.243 e. The van der Waals surface area contributed by atoms with E-state index in [9.17, 15) is 13.5 Å². The van der Waals surface area contributed by atoms with E-state index in [0.29, 0.717) is 23.7 Å². The van der Waals surface area contributed by atoms with Crippen molar-refractivity contribution < 1.29 is 18.3 Å². The molecule has 2 fully saturated rings. The minimum Gasteiger partial charge on any atom is -0.497 e. The monoisotopic (exact) mass is 482 g/mol. The molecule has 0 amide bonds. The van der Waals surface area contributed by atoms with Crippen LogP contribution in [0.5, 0.6) is 5.75 Å². The number of aliphatic hydroxyl groups excluding tert-OH is 1. The van der Waals surface area contributed by atoms with Crippen LogP contribution in [0.2, 0.25) is 0 Å². The molecule has 0 unspecified atom stereocenters. The van der Waals surface area contributed by atoms with Crippen molar-refractivity contribution in [3.05, 3.63) is 65.7 Å². The number of nitrogens with zero attached hydrogens (tertiary/aromatic N) is 2. The molecule has 3 atom stereocenters. The molecule has 34 heavy (non-hydrogen) atoms. The lowest BCUT2D eigenvalue weighted by atomic mass is 9.74. The first-order chi connectivity index (χ1) is 16.5. The average Bonchev–Trinajstić information content (AvgIpc) is 3.38. The summed E-state index contributed by atoms with van der Waals surface area (Å²) in [5.41, 5.74) is 3.88. The van der Waals surface area contributed by atoms with Gasteiger partial charge in [-0.1, -0.05) is 30.3 Å². The maximum atomic E-state index is 13.5. The lowest BCUT2D eigenvalue weighted by Gasteiger charge is -2.57. The zero-order valence-corrected chi connectivity index (χ0v) is 20.6. The molecule has 3 aliphatic rings. The summed E-state index contributed by atoms with van der Waals surface area (Å²) in [7, 11) is -2.04. The molecular formula is C27H34N2O4S. The number of fused-ring (bicyclic) bond motifs is 1. The summed E-state index contributed by atoms with van der Waals surface area (Å²) < 4.78 is 33.9. The number of hydrogen-bond acceptors (Lipinski definition) is 5. The van der Waals surface area contributed by atoms with Crippen molar-refractivity contribution in [1.82, 2.24) is 9.21 Å². The molecule has 182 valence electrons. The molecule has 1 aliphatic carbocycles. The second-order valence-electron chi connectivity index (χ2n) is 9.57. The average molecular weight is 483 g/mol. The number of ether oxygens (including phenoxy) is 1. The van der Waals surface area contributed by atoms with Gasteiger partial charge >= 0.3 is 0 Å². The second-order valence-corrected chi connectivity index (χ2v) is 11.5. The molecular weight excluding hydrogens is 448 g/mol. The number of sulfonamides is 1. The highest BCUT2D eigenvalue weighted by Crippen LogP contribution is 2.43. The van der Waals surface area contributed by atoms with Crippen LogP contribution < -0.4 is 4.74 Å². The Bertz CT molecular complexity index is 1130. The van der Waals surface area contributed by atoms with E-state index < -0.39 is 10.0 Å². The molecule has 2 aliphatic heterocycles. The predicted octanol–water partition coefficient (Wildman–Crippen LogP) is 3.88. The molecule has 2 aromatic rings. The van der Waals surface area contributed by atoms with Crippen LogP contribution in [0.1, 0.15) is 49.1 Å². The fraction of sp³-hybridized carbons (Fsp3) is 0.481. The lowest BCUT2D eigenvalue weighted by Crippen LogP contribution is -2.67. The smallest absolute Gasteiger partial charge is 0.243 e. The molecule has 7 heteroatoms. The standard InChI is InChI=1S/C27H34N2O4S/c1-33-23-12-14-24(15-13-23)34(31,32)28-16-4-5-17-29-25(18-28)27(26(29)19-30)22-10-8-21(9-11-22)20-6-2-3-7-20/h6,8-15,25-27,30H,2-5,7,16-19H2,1H3/t25-,26-,27+/m1/s1. The first-order valence-corrected chi connectivity index (χ1v) is 13.8. The SMILES string of the molecule is COc1ccc(S(=O)(=O)N2CCCCN3[C@H](CO)[C@@H](c4ccc(C5=CCCC5)cc4)[C@H]3C2)cc1. The van der Waals surface area contributed by atoms with Gasteiger partial charge in [0, 0.05) is 31.1 Å². The Hall–Kier alpha value is -2.19. The van der Waals surface area contributed by atoms with Crippen LogP contribution in [0, 0.1) is 0 Å². The van der Waals surface area contributed by atoms with Gasteiger partial charge in [-0.3, -0.25) is 4.90 Å². The van der Waals surface area contributed by atoms with Gasteiger partial charge in [-0.25, -0.2) is 8.42 Å². The second kappa shape index (κ2) is 9.82. The van der Waals surface area contributed by atoms with Gasteiger partial charge < -0.3 is 9.84 Å². The van der Waals surface area contributed by atoms with Crippen molar-refractivity contribution in [3.8, 4) is 5.75 Å². The topological polar surface area (TPSA) is 70.1 Å². The highest BCUT2D eigenvalue weighted by molar-refractivity contribution is 7.89. The minimum atomic E-state index is -3.62. The van der Waals surface area contributed by atoms with E-state index in [1.54, 1.807) is 35.7 Å². The Kier molecular flexibility index (Phi) is 6.80. The fourth-order valence-corrected chi connectivity index (χ4v) is 7.37. The van der Waals surface area contributed by atoms with E-state index in [1.807, 2.05) is 0 Å². The molecule has 0 spiro atoms. The molecule has 1 N–H and O–H groups in total. The lowest BCUT2D eigenvalue weighted by molar-refractivity contribution is -0.0553. The highest BCUT2D eigenvalue weighted by Gasteiger charge is 2.50. The third kappa shape index (κ3) is 4.31. The molecule has 0 radical (unpaired) electrons. The Morgan fingerprint density at radius 3 is 2.38 bits per heavy atom. The number of hydrogen-bond donors (Lipinski definition) is 1. The predicted molar refractivity (Wildman–Crippen MR) is 133 cm³/mol. The number of rotatable bonds is 6. The Labute approximate surface area is 202 Å². The third-order valence-electron chi connectivity index (χ3n) is 7.74. The first kappa shape index (κ1) is 23.5. The van der Waals surface area contributed by atoms with Crippen LogP contribution >= 0.6 is 0 Å². The number of methoxy groups -OCH3 is 1. The van der Waals surface area contributed by atoms with E-state index in [2.05, 4.69) is 35.2 Å². The zero-order valence-electron chi connectivity index (χ0n) is 19.8. The number of aliphatic hydroxyl groups is 1. The molecule has 2 aromatic carbocycles. The van der Waals surface area contributed by atoms with Crippen molar-refractivity contribution in [2.75, 3.05) is 33.4 Å². The van der Waals surface area contributed by atoms with Crippen molar-refractivity contribution in [1.29, 1.82) is 0 Å². The van der Waals surface area contributed by atoms with Gasteiger partial charge in [0.25, 0.3) is 0 Å². The van der Waals surface area contributed by atoms with Crippen LogP contribution in [0.15, 0.2) is 59.5 Å². The van der Waals surface area contributed by atoms with Crippen molar-refractivity contribution in [2.45, 2.75) is 55.0 Å². The largest absolute Gasteiger partial charge is 0.497 e. The Balaban J connectivity index is 1.40. The van der Waals surface area contributed by atoms with E-state index in [1.165, 1.54) is 23.1 Å². The quantitative estimate of drug-likeness (QED) is 0.677. The van der Waals surface area contributed by atoms with Crippen LogP contribution in [-0.4, -0.2) is 68.2 Å². The third-order valence-corrected chi connectivity index (χ3v) is 9.62. The van der Waals surface area contributed by atoms with Gasteiger partial charge in [0.2, 0.25) is 10.0 Å². The minimum absolute atomic E-state index is 0.0326. The summed E-state index contributed by atoms with van der Waals surface area (Å²) in [6.45, 7) is 1.93. The summed E-state index contributed by atoms with van der Waals surface area (Å²) >= 11 is 0. The molecule has 2 saturated heterocycles. The van der Waals surface area contributed by atoms with E-state index in [0.717, 1.165) is 32.2 Å². The van der Waals surface area contributed by atoms with Gasteiger partial charge in [0.15, 0.2) is 0 Å². The summed E-state index contributed by atoms with van der Waals surface area (Å²) in [6.07, 6.45) is 7.57. The number of benzene rings is 2. The van der Waals surface area contributed by atoms with Crippen LogP contribution in [0.3, 0.4) is 0 Å². The Morgan fingerprint density at radius 2 is 1.74 bits per heavy atom. The molecule has 2 heterocycles. The maximum absolute atomic E-state index is 13.5. The van der Waals surface area contributed by atoms with Crippen molar-refractivity contribution >= 4 is 15.6 Å². The van der Waals surface area contributed by atoms with Crippen LogP contribution in [0.25, 0.3) is 5.57 Å². The number of allylic oxidation sites excluding steroid dienone is 2. The zero-order chi connectivity index (χ0) is 23.7. The summed E-state index contributed by atoms with van der Waals surface area (Å²) in [4.78, 5) is 2.61. The van der Waals surface area contributed by atoms with E-state index in [-0.39, 0.29) is 24.6 Å². The summed E-state index contributed by atoms with van der Waals surface area (Å²) in [5.74, 6) is 0.753. The van der Waals surface area contributed by atoms with Gasteiger partial charge in [0.1, 0.15) is 5.75 Å². The first-order valence-electron chi connectivity index (χ1n) is 12.3. The van der Waals surface area contributed by atoms with Crippen molar-refractivity contribution in [3.63, 3.8) is 0 Å². The van der Waals surface area contributed by atoms with E-state index >= 15 is 0 Å². The fourth-order valence-electron chi connectivity index (χ4n) is 5.88. The van der Waals surface area contributed by atoms with Gasteiger partial charge in [-0.15, -0.1) is 0 Å². The molecule has 0 bridgehead atoms. The van der Waals surface area contributed by atoms with Gasteiger partial charge in [0.05, 0.1) is 18.6 Å². The highest BCUT2D eigenvalue weighted by atomic mass is 32.2. The Morgan fingerprint density at radius 1 is 1.00 bits per heavy atom. The normalized spacial score (nSPS) is 26.2. The summed E-state index contributed by atoms with van der Waals surface area (Å²) in [6, 6.07) is 15.5. The van der Waals surface area contributed by atoms with Crippen LogP contribution in [0.4, 0.5) is 0 Å². The molecule has 5 rings (SSSR count). The van der Waals surface area contributed by atoms with Crippen LogP contribution in [-0.2, 0) is 10.0 Å². The molecule has 0 saturated carbocycles. The molecule has 6 nitrogen and oxygen atoms in total. The van der Waals surface area contributed by atoms with Crippen molar-refractivity contribution in [2.24, 2.45) is 0 Å². The summed E-state index contributed by atoms with van der Waals surface area (Å²) in [5, 5.41) is 10.2. The van der Waals surface area contributed by atoms with Gasteiger partial charge in [-0.05, 0) is 79.6 Å². The molecule has 0 aromatic heterocycles.